The summed E-state index contributed by atoms with van der Waals surface area (Å²) in [5.41, 5.74) is 1.71. The molecule has 0 radical (unpaired) electrons. The molecule has 0 aliphatic carbocycles. The number of aryl methyl sites for hydroxylation is 2. The molecule has 0 aliphatic heterocycles. The minimum Gasteiger partial charge on any atom is -0.275 e. The van der Waals surface area contributed by atoms with Crippen molar-refractivity contribution in [3.05, 3.63) is 46.7 Å². The first-order valence-corrected chi connectivity index (χ1v) is 7.83. The molecule has 0 bridgehead atoms. The van der Waals surface area contributed by atoms with Crippen molar-refractivity contribution in [3.8, 4) is 0 Å². The molecule has 0 saturated heterocycles. The van der Waals surface area contributed by atoms with Crippen LogP contribution in [-0.2, 0) is 23.6 Å². The molecule has 0 atom stereocenters. The van der Waals surface area contributed by atoms with Crippen molar-refractivity contribution in [1.82, 2.24) is 14.1 Å². The maximum absolute atomic E-state index is 12.4. The highest BCUT2D eigenvalue weighted by atomic mass is 35.5. The molecule has 0 fully saturated rings. The number of nitrogens with zero attached hydrogens (tertiary/aromatic N) is 3. The lowest BCUT2D eigenvalue weighted by Gasteiger charge is -2.16. The first kappa shape index (κ1) is 15.0. The van der Waals surface area contributed by atoms with Crippen LogP contribution < -0.4 is 0 Å². The van der Waals surface area contributed by atoms with Gasteiger partial charge in [0, 0.05) is 37.4 Å². The van der Waals surface area contributed by atoms with Gasteiger partial charge in [-0.1, -0.05) is 11.6 Å². The van der Waals surface area contributed by atoms with E-state index in [1.54, 1.807) is 23.9 Å². The number of benzene rings is 1. The van der Waals surface area contributed by atoms with E-state index in [2.05, 4.69) is 5.10 Å². The zero-order valence-electron chi connectivity index (χ0n) is 11.5. The van der Waals surface area contributed by atoms with Gasteiger partial charge in [0.25, 0.3) is 0 Å². The Morgan fingerprint density at radius 3 is 2.40 bits per heavy atom. The molecule has 0 amide bonds. The smallest absolute Gasteiger partial charge is 0.243 e. The van der Waals surface area contributed by atoms with E-state index < -0.39 is 10.0 Å². The van der Waals surface area contributed by atoms with E-state index in [1.807, 2.05) is 20.2 Å². The highest BCUT2D eigenvalue weighted by Crippen LogP contribution is 2.19. The first-order valence-electron chi connectivity index (χ1n) is 6.02. The number of hydrogen-bond acceptors (Lipinski definition) is 3. The number of aromatic nitrogens is 2. The molecule has 7 heteroatoms. The van der Waals surface area contributed by atoms with Crippen molar-refractivity contribution < 1.29 is 8.42 Å². The van der Waals surface area contributed by atoms with Gasteiger partial charge >= 0.3 is 0 Å². The Kier molecular flexibility index (Phi) is 4.17. The summed E-state index contributed by atoms with van der Waals surface area (Å²) in [6, 6.07) is 6.14. The maximum Gasteiger partial charge on any atom is 0.243 e. The Bertz CT molecular complexity index is 708. The third-order valence-electron chi connectivity index (χ3n) is 3.03. The van der Waals surface area contributed by atoms with Gasteiger partial charge in [-0.2, -0.15) is 9.40 Å². The van der Waals surface area contributed by atoms with Crippen molar-refractivity contribution >= 4 is 21.6 Å². The predicted octanol–water partition coefficient (Wildman–Crippen LogP) is 2.20. The van der Waals surface area contributed by atoms with Crippen LogP contribution in [0.1, 0.15) is 11.3 Å². The van der Waals surface area contributed by atoms with Crippen molar-refractivity contribution in [2.45, 2.75) is 18.4 Å². The minimum atomic E-state index is -3.52. The van der Waals surface area contributed by atoms with E-state index in [1.165, 1.54) is 16.4 Å². The zero-order chi connectivity index (χ0) is 14.9. The lowest BCUT2D eigenvalue weighted by molar-refractivity contribution is 0.466. The van der Waals surface area contributed by atoms with Gasteiger partial charge < -0.3 is 0 Å². The monoisotopic (exact) mass is 313 g/mol. The fraction of sp³-hybridized carbons (Fsp3) is 0.308. The van der Waals surface area contributed by atoms with Crippen LogP contribution in [0.4, 0.5) is 0 Å². The van der Waals surface area contributed by atoms with Gasteiger partial charge in [0.05, 0.1) is 10.6 Å². The third kappa shape index (κ3) is 3.03. The van der Waals surface area contributed by atoms with Gasteiger partial charge in [-0.15, -0.1) is 0 Å². The summed E-state index contributed by atoms with van der Waals surface area (Å²) in [5.74, 6) is 0. The number of halogens is 1. The van der Waals surface area contributed by atoms with Crippen LogP contribution in [0.2, 0.25) is 5.02 Å². The van der Waals surface area contributed by atoms with Crippen molar-refractivity contribution in [2.24, 2.45) is 7.05 Å². The van der Waals surface area contributed by atoms with E-state index in [9.17, 15) is 8.42 Å². The lowest BCUT2D eigenvalue weighted by Crippen LogP contribution is -2.26. The topological polar surface area (TPSA) is 55.2 Å². The van der Waals surface area contributed by atoms with Crippen molar-refractivity contribution in [1.29, 1.82) is 0 Å². The summed E-state index contributed by atoms with van der Waals surface area (Å²) in [6.45, 7) is 2.14. The molecule has 0 N–H and O–H groups in total. The van der Waals surface area contributed by atoms with Gasteiger partial charge in [-0.3, -0.25) is 4.68 Å². The normalized spacial score (nSPS) is 12.1. The molecular formula is C13H16ClN3O2S. The Morgan fingerprint density at radius 2 is 1.90 bits per heavy atom. The van der Waals surface area contributed by atoms with Gasteiger partial charge in [0.1, 0.15) is 0 Å². The van der Waals surface area contributed by atoms with Crippen LogP contribution in [0.25, 0.3) is 0 Å². The quantitative estimate of drug-likeness (QED) is 0.869. The van der Waals surface area contributed by atoms with Crippen LogP contribution in [0.5, 0.6) is 0 Å². The van der Waals surface area contributed by atoms with Gasteiger partial charge in [-0.25, -0.2) is 8.42 Å². The van der Waals surface area contributed by atoms with E-state index in [-0.39, 0.29) is 11.4 Å². The highest BCUT2D eigenvalue weighted by Gasteiger charge is 2.21. The Labute approximate surface area is 123 Å². The van der Waals surface area contributed by atoms with Gasteiger partial charge in [0.15, 0.2) is 0 Å². The molecule has 20 heavy (non-hydrogen) atoms. The summed E-state index contributed by atoms with van der Waals surface area (Å²) in [7, 11) is -0.162. The molecule has 1 aromatic carbocycles. The van der Waals surface area contributed by atoms with Gasteiger partial charge in [-0.05, 0) is 31.2 Å². The third-order valence-corrected chi connectivity index (χ3v) is 5.10. The Balaban J connectivity index is 2.25. The summed E-state index contributed by atoms with van der Waals surface area (Å²) in [5, 5.41) is 4.72. The lowest BCUT2D eigenvalue weighted by atomic mass is 10.3. The van der Waals surface area contributed by atoms with E-state index >= 15 is 0 Å². The van der Waals surface area contributed by atoms with Gasteiger partial charge in [0.2, 0.25) is 10.0 Å². The van der Waals surface area contributed by atoms with Crippen LogP contribution in [0.15, 0.2) is 35.4 Å². The van der Waals surface area contributed by atoms with Crippen molar-refractivity contribution in [2.75, 3.05) is 7.05 Å². The number of sulfonamides is 1. The molecular weight excluding hydrogens is 298 g/mol. The summed E-state index contributed by atoms with van der Waals surface area (Å²) in [4.78, 5) is 0.228. The first-order chi connectivity index (χ1) is 9.30. The minimum absolute atomic E-state index is 0.228. The van der Waals surface area contributed by atoms with E-state index in [0.717, 1.165) is 11.3 Å². The Morgan fingerprint density at radius 1 is 1.30 bits per heavy atom. The summed E-state index contributed by atoms with van der Waals surface area (Å²) in [6.07, 6.45) is 1.82. The molecule has 2 rings (SSSR count). The fourth-order valence-electron chi connectivity index (χ4n) is 1.92. The van der Waals surface area contributed by atoms with Crippen LogP contribution in [0, 0.1) is 6.92 Å². The second-order valence-corrected chi connectivity index (χ2v) is 7.11. The molecule has 0 aliphatic rings. The Hall–Kier alpha value is -1.37. The molecule has 0 saturated carbocycles. The fourth-order valence-corrected chi connectivity index (χ4v) is 3.19. The number of rotatable bonds is 4. The van der Waals surface area contributed by atoms with Crippen LogP contribution >= 0.6 is 11.6 Å². The molecule has 1 heterocycles. The second kappa shape index (κ2) is 5.55. The van der Waals surface area contributed by atoms with E-state index in [4.69, 9.17) is 11.6 Å². The molecule has 2 aromatic rings. The largest absolute Gasteiger partial charge is 0.275 e. The molecule has 1 aromatic heterocycles. The van der Waals surface area contributed by atoms with Crippen LogP contribution in [0.3, 0.4) is 0 Å². The number of hydrogen-bond donors (Lipinski definition) is 0. The standard InChI is InChI=1S/C13H16ClN3O2S/c1-10-11(8-16(2)15-10)9-17(3)20(18,19)13-6-4-12(14)5-7-13/h4-8H,9H2,1-3H3. The molecule has 108 valence electrons. The van der Waals surface area contributed by atoms with Crippen LogP contribution in [-0.4, -0.2) is 29.6 Å². The predicted molar refractivity (Wildman–Crippen MR) is 78.0 cm³/mol. The summed E-state index contributed by atoms with van der Waals surface area (Å²) < 4.78 is 27.8. The highest BCUT2D eigenvalue weighted by molar-refractivity contribution is 7.89. The molecule has 0 unspecified atom stereocenters. The summed E-state index contributed by atoms with van der Waals surface area (Å²) >= 11 is 5.78. The maximum atomic E-state index is 12.4. The average molecular weight is 314 g/mol. The SMILES string of the molecule is Cc1nn(C)cc1CN(C)S(=O)(=O)c1ccc(Cl)cc1. The van der Waals surface area contributed by atoms with Crippen molar-refractivity contribution in [3.63, 3.8) is 0 Å². The van der Waals surface area contributed by atoms with E-state index in [0.29, 0.717) is 5.02 Å². The molecule has 0 spiro atoms. The second-order valence-electron chi connectivity index (χ2n) is 4.63. The zero-order valence-corrected chi connectivity index (χ0v) is 13.1. The average Bonchev–Trinajstić information content (AvgIpc) is 2.68. The molecule has 5 nitrogen and oxygen atoms in total.